The molecule has 1 fully saturated rings. The topological polar surface area (TPSA) is 49.3 Å². The van der Waals surface area contributed by atoms with E-state index in [-0.39, 0.29) is 30.3 Å². The van der Waals surface area contributed by atoms with E-state index in [1.807, 2.05) is 6.07 Å². The van der Waals surface area contributed by atoms with Crippen LogP contribution in [0.5, 0.6) is 0 Å². The fourth-order valence-corrected chi connectivity index (χ4v) is 4.28. The monoisotopic (exact) mass is 307 g/mol. The zero-order valence-corrected chi connectivity index (χ0v) is 12.7. The molecule has 2 unspecified atom stereocenters. The number of thiophene rings is 1. The Bertz CT molecular complexity index is 682. The van der Waals surface area contributed by atoms with Crippen molar-refractivity contribution in [2.24, 2.45) is 5.92 Å². The maximum atomic E-state index is 13.9. The Morgan fingerprint density at radius 1 is 1.48 bits per heavy atom. The fraction of sp³-hybridized carbons (Fsp3) is 0.438. The first kappa shape index (κ1) is 14.5. The van der Waals surface area contributed by atoms with Crippen LogP contribution in [0.2, 0.25) is 0 Å². The van der Waals surface area contributed by atoms with Gasteiger partial charge < -0.3 is 10.4 Å². The number of nitrogens with one attached hydrogen (secondary N) is 1. The van der Waals surface area contributed by atoms with Crippen molar-refractivity contribution in [2.45, 2.75) is 32.2 Å². The highest BCUT2D eigenvalue weighted by atomic mass is 32.1. The summed E-state index contributed by atoms with van der Waals surface area (Å²) in [4.78, 5) is 13.0. The molecule has 1 aromatic carbocycles. The molecule has 2 atom stereocenters. The number of carbonyl (C=O) groups is 1. The van der Waals surface area contributed by atoms with Crippen LogP contribution in [0.25, 0.3) is 10.1 Å². The molecule has 0 aliphatic heterocycles. The summed E-state index contributed by atoms with van der Waals surface area (Å²) in [5.41, 5.74) is 0.698. The van der Waals surface area contributed by atoms with Gasteiger partial charge >= 0.3 is 0 Å². The molecule has 0 spiro atoms. The van der Waals surface area contributed by atoms with E-state index in [1.165, 1.54) is 17.4 Å². The zero-order valence-electron chi connectivity index (χ0n) is 11.9. The summed E-state index contributed by atoms with van der Waals surface area (Å²) in [5.74, 6) is -0.298. The van der Waals surface area contributed by atoms with E-state index in [1.54, 1.807) is 13.0 Å². The maximum absolute atomic E-state index is 13.9. The molecule has 0 radical (unpaired) electrons. The lowest BCUT2D eigenvalue weighted by molar-refractivity contribution is 0.0919. The van der Waals surface area contributed by atoms with Crippen molar-refractivity contribution in [3.8, 4) is 0 Å². The number of hydrogen-bond donors (Lipinski definition) is 2. The summed E-state index contributed by atoms with van der Waals surface area (Å²) in [6.07, 6.45) is 2.87. The van der Waals surface area contributed by atoms with Crippen molar-refractivity contribution in [3.63, 3.8) is 0 Å². The van der Waals surface area contributed by atoms with Crippen LogP contribution >= 0.6 is 11.3 Å². The van der Waals surface area contributed by atoms with Gasteiger partial charge in [0.15, 0.2) is 0 Å². The number of fused-ring (bicyclic) bond motifs is 1. The molecule has 0 bridgehead atoms. The molecule has 1 aliphatic rings. The van der Waals surface area contributed by atoms with Crippen LogP contribution < -0.4 is 5.32 Å². The van der Waals surface area contributed by atoms with E-state index >= 15 is 0 Å². The highest BCUT2D eigenvalue weighted by Crippen LogP contribution is 2.33. The van der Waals surface area contributed by atoms with Crippen molar-refractivity contribution < 1.29 is 14.3 Å². The summed E-state index contributed by atoms with van der Waals surface area (Å²) >= 11 is 1.32. The van der Waals surface area contributed by atoms with Gasteiger partial charge in [-0.15, -0.1) is 11.3 Å². The molecule has 2 aromatic rings. The predicted molar refractivity (Wildman–Crippen MR) is 82.2 cm³/mol. The molecule has 1 aromatic heterocycles. The Morgan fingerprint density at radius 3 is 3.00 bits per heavy atom. The smallest absolute Gasteiger partial charge is 0.261 e. The highest BCUT2D eigenvalue weighted by Gasteiger charge is 2.29. The van der Waals surface area contributed by atoms with Gasteiger partial charge in [0.25, 0.3) is 5.91 Å². The van der Waals surface area contributed by atoms with Crippen LogP contribution in [0.3, 0.4) is 0 Å². The summed E-state index contributed by atoms with van der Waals surface area (Å²) in [5, 5.41) is 12.9. The molecule has 2 N–H and O–H groups in total. The zero-order chi connectivity index (χ0) is 15.0. The van der Waals surface area contributed by atoms with Crippen LogP contribution in [0, 0.1) is 18.7 Å². The van der Waals surface area contributed by atoms with Crippen molar-refractivity contribution in [2.75, 3.05) is 6.61 Å². The lowest BCUT2D eigenvalue weighted by Gasteiger charge is -2.18. The summed E-state index contributed by atoms with van der Waals surface area (Å²) in [7, 11) is 0. The Hall–Kier alpha value is -1.46. The van der Waals surface area contributed by atoms with Crippen LogP contribution in [0.15, 0.2) is 18.2 Å². The van der Waals surface area contributed by atoms with E-state index in [9.17, 15) is 14.3 Å². The number of halogens is 1. The van der Waals surface area contributed by atoms with Gasteiger partial charge in [-0.3, -0.25) is 4.79 Å². The van der Waals surface area contributed by atoms with Crippen LogP contribution in [-0.4, -0.2) is 23.7 Å². The Kier molecular flexibility index (Phi) is 3.95. The van der Waals surface area contributed by atoms with E-state index in [0.29, 0.717) is 15.8 Å². The molecule has 1 amide bonds. The number of aliphatic hydroxyl groups is 1. The fourth-order valence-electron chi connectivity index (χ4n) is 3.15. The first-order chi connectivity index (χ1) is 10.1. The lowest BCUT2D eigenvalue weighted by Crippen LogP contribution is -2.38. The standard InChI is InChI=1S/C16H18FNO2S/c1-9-14-11(17)5-3-7-13(14)21-15(9)16(20)18-12-6-2-4-10(12)8-19/h3,5,7,10,12,19H,2,4,6,8H2,1H3,(H,18,20). The minimum absolute atomic E-state index is 0.0250. The van der Waals surface area contributed by atoms with Crippen molar-refractivity contribution >= 4 is 27.3 Å². The second kappa shape index (κ2) is 5.73. The number of amides is 1. The molecular weight excluding hydrogens is 289 g/mol. The second-order valence-corrected chi connectivity index (χ2v) is 6.67. The number of hydrogen-bond acceptors (Lipinski definition) is 3. The van der Waals surface area contributed by atoms with Crippen molar-refractivity contribution in [1.82, 2.24) is 5.32 Å². The first-order valence-corrected chi connectivity index (χ1v) is 8.02. The number of rotatable bonds is 3. The predicted octanol–water partition coefficient (Wildman–Crippen LogP) is 3.24. The SMILES string of the molecule is Cc1c(C(=O)NC2CCCC2CO)sc2cccc(F)c12. The molecule has 0 saturated heterocycles. The molecule has 1 heterocycles. The van der Waals surface area contributed by atoms with Gasteiger partial charge in [0, 0.05) is 28.7 Å². The van der Waals surface area contributed by atoms with E-state index in [2.05, 4.69) is 5.32 Å². The van der Waals surface area contributed by atoms with Crippen molar-refractivity contribution in [3.05, 3.63) is 34.5 Å². The number of benzene rings is 1. The van der Waals surface area contributed by atoms with E-state index < -0.39 is 0 Å². The average molecular weight is 307 g/mol. The normalized spacial score (nSPS) is 21.9. The Balaban J connectivity index is 1.88. The summed E-state index contributed by atoms with van der Waals surface area (Å²) in [6.45, 7) is 1.89. The molecule has 3 nitrogen and oxygen atoms in total. The summed E-state index contributed by atoms with van der Waals surface area (Å²) in [6, 6.07) is 4.94. The molecule has 3 rings (SSSR count). The lowest BCUT2D eigenvalue weighted by atomic mass is 10.0. The third kappa shape index (κ3) is 2.56. The quantitative estimate of drug-likeness (QED) is 0.914. The van der Waals surface area contributed by atoms with Gasteiger partial charge in [0.2, 0.25) is 0 Å². The van der Waals surface area contributed by atoms with Gasteiger partial charge in [0.1, 0.15) is 5.82 Å². The minimum atomic E-state index is -0.283. The molecule has 112 valence electrons. The van der Waals surface area contributed by atoms with Crippen molar-refractivity contribution in [1.29, 1.82) is 0 Å². The average Bonchev–Trinajstić information content (AvgIpc) is 3.04. The van der Waals surface area contributed by atoms with Gasteiger partial charge in [-0.2, -0.15) is 0 Å². The summed E-state index contributed by atoms with van der Waals surface area (Å²) < 4.78 is 14.7. The minimum Gasteiger partial charge on any atom is -0.396 e. The third-order valence-corrected chi connectivity index (χ3v) is 5.58. The van der Waals surface area contributed by atoms with Gasteiger partial charge in [-0.1, -0.05) is 12.5 Å². The number of carbonyl (C=O) groups excluding carboxylic acids is 1. The molecule has 1 saturated carbocycles. The largest absolute Gasteiger partial charge is 0.396 e. The Labute approximate surface area is 126 Å². The highest BCUT2D eigenvalue weighted by molar-refractivity contribution is 7.21. The van der Waals surface area contributed by atoms with Crippen LogP contribution in [0.4, 0.5) is 4.39 Å². The molecular formula is C16H18FNO2S. The number of aryl methyl sites for hydroxylation is 1. The number of aliphatic hydroxyl groups excluding tert-OH is 1. The second-order valence-electron chi connectivity index (χ2n) is 5.62. The maximum Gasteiger partial charge on any atom is 0.261 e. The van der Waals surface area contributed by atoms with E-state index in [4.69, 9.17) is 0 Å². The van der Waals surface area contributed by atoms with Gasteiger partial charge in [-0.25, -0.2) is 4.39 Å². The van der Waals surface area contributed by atoms with E-state index in [0.717, 1.165) is 24.0 Å². The van der Waals surface area contributed by atoms with Crippen LogP contribution in [-0.2, 0) is 0 Å². The molecule has 1 aliphatic carbocycles. The van der Waals surface area contributed by atoms with Crippen LogP contribution in [0.1, 0.15) is 34.5 Å². The first-order valence-electron chi connectivity index (χ1n) is 7.21. The van der Waals surface area contributed by atoms with Gasteiger partial charge in [0.05, 0.1) is 4.88 Å². The molecule has 5 heteroatoms. The Morgan fingerprint density at radius 2 is 2.29 bits per heavy atom. The third-order valence-electron chi connectivity index (χ3n) is 4.32. The van der Waals surface area contributed by atoms with Gasteiger partial charge in [-0.05, 0) is 37.5 Å². The molecule has 21 heavy (non-hydrogen) atoms.